The van der Waals surface area contributed by atoms with Gasteiger partial charge in [0.2, 0.25) is 0 Å². The van der Waals surface area contributed by atoms with Gasteiger partial charge in [0.15, 0.2) is 5.69 Å². The van der Waals surface area contributed by atoms with Crippen molar-refractivity contribution in [3.63, 3.8) is 0 Å². The Bertz CT molecular complexity index is 871. The summed E-state index contributed by atoms with van der Waals surface area (Å²) in [6.45, 7) is 0.547. The number of carbonyl (C=O) groups is 1. The first-order valence-electron chi connectivity index (χ1n) is 8.51. The Morgan fingerprint density at radius 1 is 1.28 bits per heavy atom. The third kappa shape index (κ3) is 3.46. The third-order valence-corrected chi connectivity index (χ3v) is 5.29. The maximum Gasteiger partial charge on any atom is 0.272 e. The van der Waals surface area contributed by atoms with E-state index >= 15 is 0 Å². The van der Waals surface area contributed by atoms with Crippen LogP contribution in [0.3, 0.4) is 0 Å². The van der Waals surface area contributed by atoms with E-state index in [-0.39, 0.29) is 5.91 Å². The van der Waals surface area contributed by atoms with Crippen LogP contribution < -0.4 is 5.32 Å². The van der Waals surface area contributed by atoms with E-state index in [4.69, 9.17) is 0 Å². The van der Waals surface area contributed by atoms with Crippen molar-refractivity contribution in [3.05, 3.63) is 52.4 Å². The van der Waals surface area contributed by atoms with Gasteiger partial charge in [0.25, 0.3) is 5.91 Å². The number of aromatic amines is 1. The molecule has 3 aromatic rings. The summed E-state index contributed by atoms with van der Waals surface area (Å²) in [5.74, 6) is -0.0976. The number of rotatable bonds is 5. The lowest BCUT2D eigenvalue weighted by Crippen LogP contribution is -2.27. The van der Waals surface area contributed by atoms with Gasteiger partial charge in [0.05, 0.1) is 11.4 Å². The van der Waals surface area contributed by atoms with Gasteiger partial charge in [0.1, 0.15) is 5.01 Å². The molecule has 0 aliphatic heterocycles. The quantitative estimate of drug-likeness (QED) is 0.739. The summed E-state index contributed by atoms with van der Waals surface area (Å²) < 4.78 is 0. The Kier molecular flexibility index (Phi) is 4.56. The molecular formula is C18H19N5OS. The second kappa shape index (κ2) is 7.14. The molecule has 1 aliphatic carbocycles. The van der Waals surface area contributed by atoms with Gasteiger partial charge in [-0.3, -0.25) is 14.9 Å². The molecule has 3 aromatic heterocycles. The van der Waals surface area contributed by atoms with E-state index in [0.29, 0.717) is 18.7 Å². The number of fused-ring (bicyclic) bond motifs is 1. The lowest BCUT2D eigenvalue weighted by molar-refractivity contribution is 0.0948. The Morgan fingerprint density at radius 3 is 3.08 bits per heavy atom. The van der Waals surface area contributed by atoms with Crippen LogP contribution in [-0.4, -0.2) is 32.6 Å². The monoisotopic (exact) mass is 353 g/mol. The van der Waals surface area contributed by atoms with Crippen LogP contribution in [0.15, 0.2) is 29.8 Å². The predicted octanol–water partition coefficient (Wildman–Crippen LogP) is 2.78. The van der Waals surface area contributed by atoms with Crippen molar-refractivity contribution in [3.8, 4) is 10.7 Å². The van der Waals surface area contributed by atoms with Gasteiger partial charge < -0.3 is 5.32 Å². The van der Waals surface area contributed by atoms with Gasteiger partial charge in [-0.15, -0.1) is 11.3 Å². The summed E-state index contributed by atoms with van der Waals surface area (Å²) in [5.41, 5.74) is 4.62. The molecule has 4 rings (SSSR count). The maximum absolute atomic E-state index is 12.4. The highest BCUT2D eigenvalue weighted by atomic mass is 32.1. The Morgan fingerprint density at radius 2 is 2.20 bits per heavy atom. The molecule has 0 unspecified atom stereocenters. The molecule has 0 radical (unpaired) electrons. The Labute approximate surface area is 149 Å². The number of carbonyl (C=O) groups excluding carboxylic acids is 1. The number of thiazole rings is 1. The van der Waals surface area contributed by atoms with E-state index in [1.54, 1.807) is 17.5 Å². The Hall–Kier alpha value is -2.54. The average Bonchev–Trinajstić information content (AvgIpc) is 3.29. The number of hydrogen-bond acceptors (Lipinski definition) is 5. The molecule has 1 amide bonds. The minimum atomic E-state index is -0.0976. The van der Waals surface area contributed by atoms with E-state index in [9.17, 15) is 4.79 Å². The van der Waals surface area contributed by atoms with Crippen LogP contribution in [0.1, 0.15) is 40.3 Å². The lowest BCUT2D eigenvalue weighted by atomic mass is 9.96. The first kappa shape index (κ1) is 16.0. The molecule has 6 nitrogen and oxygen atoms in total. The van der Waals surface area contributed by atoms with Gasteiger partial charge in [0, 0.05) is 35.8 Å². The Balaban J connectivity index is 1.34. The molecule has 0 bridgehead atoms. The number of aromatic nitrogens is 4. The molecule has 128 valence electrons. The van der Waals surface area contributed by atoms with Crippen molar-refractivity contribution >= 4 is 17.2 Å². The highest BCUT2D eigenvalue weighted by Gasteiger charge is 2.21. The number of hydrogen-bond donors (Lipinski definition) is 2. The van der Waals surface area contributed by atoms with Crippen molar-refractivity contribution in [1.29, 1.82) is 0 Å². The molecule has 7 heteroatoms. The molecule has 2 N–H and O–H groups in total. The van der Waals surface area contributed by atoms with Crippen molar-refractivity contribution < 1.29 is 4.79 Å². The molecule has 0 fully saturated rings. The van der Waals surface area contributed by atoms with Crippen LogP contribution in [0.5, 0.6) is 0 Å². The number of aryl methyl sites for hydroxylation is 1. The molecule has 0 spiro atoms. The standard InChI is InChI=1S/C18H19N5OS/c24-17(16-13-5-1-2-6-14(13)22-23-16)20-10-8-12-11-25-18(21-12)15-7-3-4-9-19-15/h3-4,7,9,11H,1-2,5-6,8,10H2,(H,20,24)(H,22,23). The molecule has 1 aliphatic rings. The second-order valence-electron chi connectivity index (χ2n) is 6.10. The molecule has 25 heavy (non-hydrogen) atoms. The zero-order chi connectivity index (χ0) is 17.1. The van der Waals surface area contributed by atoms with Crippen molar-refractivity contribution in [2.24, 2.45) is 0 Å². The van der Waals surface area contributed by atoms with E-state index in [1.807, 2.05) is 23.6 Å². The summed E-state index contributed by atoms with van der Waals surface area (Å²) >= 11 is 1.57. The highest BCUT2D eigenvalue weighted by molar-refractivity contribution is 7.13. The fraction of sp³-hybridized carbons (Fsp3) is 0.333. The molecular weight excluding hydrogens is 334 g/mol. The van der Waals surface area contributed by atoms with E-state index in [0.717, 1.165) is 46.9 Å². The summed E-state index contributed by atoms with van der Waals surface area (Å²) in [7, 11) is 0. The minimum absolute atomic E-state index is 0.0976. The first-order valence-corrected chi connectivity index (χ1v) is 9.39. The fourth-order valence-electron chi connectivity index (χ4n) is 3.09. The normalized spacial score (nSPS) is 13.4. The summed E-state index contributed by atoms with van der Waals surface area (Å²) in [5, 5.41) is 13.1. The topological polar surface area (TPSA) is 83.6 Å². The minimum Gasteiger partial charge on any atom is -0.350 e. The van der Waals surface area contributed by atoms with Crippen LogP contribution in [0, 0.1) is 0 Å². The van der Waals surface area contributed by atoms with Gasteiger partial charge in [-0.2, -0.15) is 5.10 Å². The molecule has 3 heterocycles. The number of H-pyrrole nitrogens is 1. The summed E-state index contributed by atoms with van der Waals surface area (Å²) in [6, 6.07) is 5.79. The van der Waals surface area contributed by atoms with Gasteiger partial charge in [-0.1, -0.05) is 6.07 Å². The van der Waals surface area contributed by atoms with E-state index in [1.165, 1.54) is 6.42 Å². The van der Waals surface area contributed by atoms with Crippen molar-refractivity contribution in [2.75, 3.05) is 6.54 Å². The number of nitrogens with zero attached hydrogens (tertiary/aromatic N) is 3. The molecule has 0 atom stereocenters. The van der Waals surface area contributed by atoms with Crippen molar-refractivity contribution in [1.82, 2.24) is 25.5 Å². The number of nitrogens with one attached hydrogen (secondary N) is 2. The number of amides is 1. The predicted molar refractivity (Wildman–Crippen MR) is 96.6 cm³/mol. The molecule has 0 aromatic carbocycles. The van der Waals surface area contributed by atoms with Gasteiger partial charge in [-0.05, 0) is 37.8 Å². The maximum atomic E-state index is 12.4. The van der Waals surface area contributed by atoms with Crippen LogP contribution in [0.4, 0.5) is 0 Å². The van der Waals surface area contributed by atoms with E-state index < -0.39 is 0 Å². The zero-order valence-electron chi connectivity index (χ0n) is 13.8. The smallest absolute Gasteiger partial charge is 0.272 e. The van der Waals surface area contributed by atoms with Gasteiger partial charge >= 0.3 is 0 Å². The fourth-order valence-corrected chi connectivity index (χ4v) is 3.91. The number of pyridine rings is 1. The average molecular weight is 353 g/mol. The van der Waals surface area contributed by atoms with Crippen molar-refractivity contribution in [2.45, 2.75) is 32.1 Å². The zero-order valence-corrected chi connectivity index (χ0v) is 14.6. The third-order valence-electron chi connectivity index (χ3n) is 4.37. The summed E-state index contributed by atoms with van der Waals surface area (Å²) in [6.07, 6.45) is 6.68. The first-order chi connectivity index (χ1) is 12.3. The summed E-state index contributed by atoms with van der Waals surface area (Å²) in [4.78, 5) is 21.3. The SMILES string of the molecule is O=C(NCCc1csc(-c2ccccn2)n1)c1n[nH]c2c1CCCC2. The van der Waals surface area contributed by atoms with Crippen LogP contribution >= 0.6 is 11.3 Å². The highest BCUT2D eigenvalue weighted by Crippen LogP contribution is 2.23. The van der Waals surface area contributed by atoms with Crippen LogP contribution in [-0.2, 0) is 19.3 Å². The van der Waals surface area contributed by atoms with Gasteiger partial charge in [-0.25, -0.2) is 4.98 Å². The van der Waals surface area contributed by atoms with E-state index in [2.05, 4.69) is 25.5 Å². The van der Waals surface area contributed by atoms with Crippen LogP contribution in [0.25, 0.3) is 10.7 Å². The lowest BCUT2D eigenvalue weighted by Gasteiger charge is -2.10. The van der Waals surface area contributed by atoms with Crippen LogP contribution in [0.2, 0.25) is 0 Å². The largest absolute Gasteiger partial charge is 0.350 e. The second-order valence-corrected chi connectivity index (χ2v) is 6.96. The molecule has 0 saturated heterocycles. The molecule has 0 saturated carbocycles.